The van der Waals surface area contributed by atoms with Crippen molar-refractivity contribution in [3.05, 3.63) is 59.7 Å². The highest BCUT2D eigenvalue weighted by Crippen LogP contribution is 2.26. The van der Waals surface area contributed by atoms with Crippen LogP contribution in [0.3, 0.4) is 0 Å². The minimum Gasteiger partial charge on any atom is -0.493 e. The van der Waals surface area contributed by atoms with E-state index < -0.39 is 10.0 Å². The first-order valence-corrected chi connectivity index (χ1v) is 10.1. The first kappa shape index (κ1) is 17.1. The molecule has 2 aliphatic heterocycles. The summed E-state index contributed by atoms with van der Waals surface area (Å²) in [7, 11) is -3.50. The van der Waals surface area contributed by atoms with Gasteiger partial charge in [0.1, 0.15) is 5.75 Å². The van der Waals surface area contributed by atoms with Gasteiger partial charge in [-0.3, -0.25) is 4.79 Å². The predicted octanol–water partition coefficient (Wildman–Crippen LogP) is 1.77. The minimum absolute atomic E-state index is 0.0588. The highest BCUT2D eigenvalue weighted by molar-refractivity contribution is 7.89. The second kappa shape index (κ2) is 6.74. The van der Waals surface area contributed by atoms with Crippen molar-refractivity contribution in [3.63, 3.8) is 0 Å². The molecule has 2 heterocycles. The van der Waals surface area contributed by atoms with Crippen LogP contribution in [0, 0.1) is 0 Å². The van der Waals surface area contributed by atoms with E-state index in [1.54, 1.807) is 41.3 Å². The molecular weight excluding hydrogens is 352 g/mol. The van der Waals surface area contributed by atoms with Crippen molar-refractivity contribution >= 4 is 15.9 Å². The van der Waals surface area contributed by atoms with E-state index in [9.17, 15) is 13.2 Å². The van der Waals surface area contributed by atoms with Crippen molar-refractivity contribution in [2.45, 2.75) is 11.3 Å². The van der Waals surface area contributed by atoms with Crippen molar-refractivity contribution in [1.82, 2.24) is 9.21 Å². The average molecular weight is 372 g/mol. The molecule has 0 atom stereocenters. The zero-order valence-corrected chi connectivity index (χ0v) is 15.1. The summed E-state index contributed by atoms with van der Waals surface area (Å²) in [6.07, 6.45) is 0.819. The van der Waals surface area contributed by atoms with Crippen LogP contribution >= 0.6 is 0 Å². The maximum absolute atomic E-state index is 12.7. The molecule has 1 fully saturated rings. The molecule has 0 spiro atoms. The van der Waals surface area contributed by atoms with E-state index in [1.165, 1.54) is 4.31 Å². The molecule has 0 aromatic heterocycles. The molecule has 0 radical (unpaired) electrons. The third-order valence-electron chi connectivity index (χ3n) is 4.84. The van der Waals surface area contributed by atoms with Crippen LogP contribution in [-0.4, -0.2) is 56.3 Å². The zero-order valence-electron chi connectivity index (χ0n) is 14.3. The molecular formula is C19H20N2O4S. The monoisotopic (exact) mass is 372 g/mol. The number of piperazine rings is 1. The Morgan fingerprint density at radius 1 is 0.962 bits per heavy atom. The fourth-order valence-electron chi connectivity index (χ4n) is 3.38. The Labute approximate surface area is 153 Å². The van der Waals surface area contributed by atoms with Crippen LogP contribution in [0.5, 0.6) is 5.75 Å². The van der Waals surface area contributed by atoms with Crippen LogP contribution in [0.15, 0.2) is 53.4 Å². The molecule has 0 saturated carbocycles. The number of amides is 1. The van der Waals surface area contributed by atoms with Gasteiger partial charge in [0.15, 0.2) is 0 Å². The summed E-state index contributed by atoms with van der Waals surface area (Å²) in [6, 6.07) is 13.9. The molecule has 4 rings (SSSR count). The van der Waals surface area contributed by atoms with E-state index in [2.05, 4.69) is 0 Å². The number of rotatable bonds is 3. The van der Waals surface area contributed by atoms with E-state index in [0.717, 1.165) is 17.7 Å². The number of benzene rings is 2. The molecule has 26 heavy (non-hydrogen) atoms. The summed E-state index contributed by atoms with van der Waals surface area (Å²) < 4.78 is 32.3. The van der Waals surface area contributed by atoms with Crippen molar-refractivity contribution in [2.24, 2.45) is 0 Å². The molecule has 0 N–H and O–H groups in total. The second-order valence-electron chi connectivity index (χ2n) is 6.43. The molecule has 0 bridgehead atoms. The number of nitrogens with zero attached hydrogens (tertiary/aromatic N) is 2. The second-order valence-corrected chi connectivity index (χ2v) is 8.37. The lowest BCUT2D eigenvalue weighted by Gasteiger charge is -2.34. The number of hydrogen-bond donors (Lipinski definition) is 0. The lowest BCUT2D eigenvalue weighted by molar-refractivity contribution is 0.0698. The lowest BCUT2D eigenvalue weighted by atomic mass is 10.1. The Kier molecular flexibility index (Phi) is 4.42. The molecule has 1 amide bonds. The van der Waals surface area contributed by atoms with E-state index in [-0.39, 0.29) is 5.91 Å². The van der Waals surface area contributed by atoms with Gasteiger partial charge in [-0.05, 0) is 35.9 Å². The zero-order chi connectivity index (χ0) is 18.1. The summed E-state index contributed by atoms with van der Waals surface area (Å²) >= 11 is 0. The first-order valence-electron chi connectivity index (χ1n) is 8.66. The van der Waals surface area contributed by atoms with Gasteiger partial charge in [-0.15, -0.1) is 0 Å². The summed E-state index contributed by atoms with van der Waals surface area (Å²) in [6.45, 7) is 2.04. The Morgan fingerprint density at radius 2 is 1.69 bits per heavy atom. The molecule has 2 aromatic carbocycles. The van der Waals surface area contributed by atoms with E-state index in [0.29, 0.717) is 43.2 Å². The number of fused-ring (bicyclic) bond motifs is 1. The van der Waals surface area contributed by atoms with Gasteiger partial charge in [-0.2, -0.15) is 4.31 Å². The number of carbonyl (C=O) groups is 1. The standard InChI is InChI=1S/C19H20N2O4S/c22-19(16-6-7-18-15(14-16)8-13-25-18)20-9-11-21(12-10-20)26(23,24)17-4-2-1-3-5-17/h1-7,14H,8-13H2. The van der Waals surface area contributed by atoms with Crippen molar-refractivity contribution in [2.75, 3.05) is 32.8 Å². The van der Waals surface area contributed by atoms with Crippen molar-refractivity contribution in [3.8, 4) is 5.75 Å². The van der Waals surface area contributed by atoms with Crippen LogP contribution in [0.4, 0.5) is 0 Å². The van der Waals surface area contributed by atoms with Crippen LogP contribution in [0.1, 0.15) is 15.9 Å². The number of ether oxygens (including phenoxy) is 1. The van der Waals surface area contributed by atoms with Crippen LogP contribution in [0.25, 0.3) is 0 Å². The van der Waals surface area contributed by atoms with Gasteiger partial charge >= 0.3 is 0 Å². The van der Waals surface area contributed by atoms with Crippen molar-refractivity contribution < 1.29 is 17.9 Å². The maximum atomic E-state index is 12.7. The van der Waals surface area contributed by atoms with Crippen molar-refractivity contribution in [1.29, 1.82) is 0 Å². The summed E-state index contributed by atoms with van der Waals surface area (Å²) in [4.78, 5) is 14.8. The molecule has 7 heteroatoms. The van der Waals surface area contributed by atoms with Gasteiger partial charge in [0.05, 0.1) is 11.5 Å². The number of hydrogen-bond acceptors (Lipinski definition) is 4. The maximum Gasteiger partial charge on any atom is 0.253 e. The van der Waals surface area contributed by atoms with E-state index in [4.69, 9.17) is 4.74 Å². The van der Waals surface area contributed by atoms with Crippen LogP contribution < -0.4 is 4.74 Å². The Hall–Kier alpha value is -2.38. The fourth-order valence-corrected chi connectivity index (χ4v) is 4.82. The smallest absolute Gasteiger partial charge is 0.253 e. The molecule has 2 aliphatic rings. The highest BCUT2D eigenvalue weighted by atomic mass is 32.2. The van der Waals surface area contributed by atoms with Crippen LogP contribution in [-0.2, 0) is 16.4 Å². The van der Waals surface area contributed by atoms with Gasteiger partial charge < -0.3 is 9.64 Å². The topological polar surface area (TPSA) is 66.9 Å². The largest absolute Gasteiger partial charge is 0.493 e. The third-order valence-corrected chi connectivity index (χ3v) is 6.76. The Balaban J connectivity index is 1.44. The first-order chi connectivity index (χ1) is 12.6. The number of carbonyl (C=O) groups excluding carboxylic acids is 1. The Bertz CT molecular complexity index is 920. The van der Waals surface area contributed by atoms with Crippen LogP contribution in [0.2, 0.25) is 0 Å². The van der Waals surface area contributed by atoms with Gasteiger partial charge in [0.2, 0.25) is 10.0 Å². The third kappa shape index (κ3) is 3.08. The van der Waals surface area contributed by atoms with Gasteiger partial charge in [0, 0.05) is 38.2 Å². The molecule has 2 aromatic rings. The molecule has 0 unspecified atom stereocenters. The molecule has 6 nitrogen and oxygen atoms in total. The predicted molar refractivity (Wildman–Crippen MR) is 96.7 cm³/mol. The highest BCUT2D eigenvalue weighted by Gasteiger charge is 2.30. The summed E-state index contributed by atoms with van der Waals surface area (Å²) in [5.41, 5.74) is 1.69. The van der Waals surface area contributed by atoms with Gasteiger partial charge in [0.25, 0.3) is 5.91 Å². The normalized spacial score (nSPS) is 17.6. The SMILES string of the molecule is O=C(c1ccc2c(c1)CCO2)N1CCN(S(=O)(=O)c2ccccc2)CC1. The van der Waals surface area contributed by atoms with Gasteiger partial charge in [-0.1, -0.05) is 18.2 Å². The Morgan fingerprint density at radius 3 is 2.42 bits per heavy atom. The van der Waals surface area contributed by atoms with E-state index >= 15 is 0 Å². The molecule has 0 aliphatic carbocycles. The van der Waals surface area contributed by atoms with Gasteiger partial charge in [-0.25, -0.2) is 8.42 Å². The summed E-state index contributed by atoms with van der Waals surface area (Å²) in [5, 5.41) is 0. The summed E-state index contributed by atoms with van der Waals surface area (Å²) in [5.74, 6) is 0.789. The molecule has 1 saturated heterocycles. The lowest BCUT2D eigenvalue weighted by Crippen LogP contribution is -2.50. The fraction of sp³-hybridized carbons (Fsp3) is 0.316. The van der Waals surface area contributed by atoms with E-state index in [1.807, 2.05) is 12.1 Å². The number of sulfonamides is 1. The molecule has 136 valence electrons. The quantitative estimate of drug-likeness (QED) is 0.824. The minimum atomic E-state index is -3.50. The average Bonchev–Trinajstić information content (AvgIpc) is 3.16.